The van der Waals surface area contributed by atoms with Gasteiger partial charge in [0.1, 0.15) is 0 Å². The van der Waals surface area contributed by atoms with Crippen molar-refractivity contribution in [2.75, 3.05) is 4.90 Å². The Morgan fingerprint density at radius 3 is 1.29 bits per heavy atom. The summed E-state index contributed by atoms with van der Waals surface area (Å²) in [5.41, 5.74) is 9.25. The van der Waals surface area contributed by atoms with Gasteiger partial charge in [-0.15, -0.1) is 0 Å². The Balaban J connectivity index is 1.18. The SMILES string of the molecule is [2H]c1c([2H])c(-c2ccc3ccccc3c2)c([2H])c(N(c2ccc(-c3cccc(-c4ccccc4)c3)cc2)c2ccc(-c3ccc4ccccc4c3)cc2)c1[2H]. The van der Waals surface area contributed by atoms with Crippen LogP contribution in [0.2, 0.25) is 0 Å². The van der Waals surface area contributed by atoms with E-state index in [1.165, 1.54) is 5.39 Å². The zero-order valence-electron chi connectivity index (χ0n) is 31.8. The zero-order chi connectivity index (χ0) is 37.5. The topological polar surface area (TPSA) is 3.24 Å². The van der Waals surface area contributed by atoms with Crippen LogP contribution in [0.15, 0.2) is 212 Å². The summed E-state index contributed by atoms with van der Waals surface area (Å²) in [5.74, 6) is 0. The molecule has 9 aromatic rings. The van der Waals surface area contributed by atoms with Crippen molar-refractivity contribution >= 4 is 38.6 Å². The normalized spacial score (nSPS) is 12.2. The lowest BCUT2D eigenvalue weighted by molar-refractivity contribution is 1.28. The van der Waals surface area contributed by atoms with Crippen molar-refractivity contribution in [1.82, 2.24) is 0 Å². The number of hydrogen-bond donors (Lipinski definition) is 0. The maximum Gasteiger partial charge on any atom is 0.0651 e. The molecule has 0 unspecified atom stereocenters. The first-order valence-electron chi connectivity index (χ1n) is 19.2. The molecule has 9 aromatic carbocycles. The van der Waals surface area contributed by atoms with Crippen LogP contribution in [-0.4, -0.2) is 0 Å². The average molecular weight is 654 g/mol. The minimum atomic E-state index is -0.221. The first kappa shape index (κ1) is 26.2. The number of anilines is 3. The van der Waals surface area contributed by atoms with Gasteiger partial charge in [0, 0.05) is 17.1 Å². The number of benzene rings is 9. The van der Waals surface area contributed by atoms with Crippen molar-refractivity contribution in [2.45, 2.75) is 0 Å². The van der Waals surface area contributed by atoms with Crippen LogP contribution in [0.25, 0.3) is 66.1 Å². The fourth-order valence-electron chi connectivity index (χ4n) is 6.83. The van der Waals surface area contributed by atoms with Crippen LogP contribution < -0.4 is 4.90 Å². The second-order valence-electron chi connectivity index (χ2n) is 12.7. The molecule has 0 spiro atoms. The maximum atomic E-state index is 9.67. The van der Waals surface area contributed by atoms with E-state index in [2.05, 4.69) is 91.0 Å². The highest BCUT2D eigenvalue weighted by atomic mass is 15.1. The van der Waals surface area contributed by atoms with E-state index in [1.54, 1.807) is 0 Å². The lowest BCUT2D eigenvalue weighted by atomic mass is 9.98. The molecule has 0 saturated heterocycles. The van der Waals surface area contributed by atoms with Crippen molar-refractivity contribution in [3.8, 4) is 44.5 Å². The quantitative estimate of drug-likeness (QED) is 0.165. The monoisotopic (exact) mass is 653 g/mol. The molecular weight excluding hydrogens is 615 g/mol. The molecule has 0 aliphatic rings. The van der Waals surface area contributed by atoms with Gasteiger partial charge in [-0.2, -0.15) is 0 Å². The fraction of sp³-hybridized carbons (Fsp3) is 0. The van der Waals surface area contributed by atoms with Crippen LogP contribution in [-0.2, 0) is 0 Å². The van der Waals surface area contributed by atoms with Crippen molar-refractivity contribution in [2.24, 2.45) is 0 Å². The standard InChI is InChI=1S/C50H35N/c1-2-10-36(11-3-1)43-16-8-17-44(32-43)39-24-28-48(29-25-39)51(49-30-26-40(27-31-49)46-22-20-37-12-4-6-14-41(37)33-46)50-19-9-18-45(35-50)47-23-21-38-13-5-7-15-42(38)34-47/h1-35H/i9D,18D,19D,35D. The van der Waals surface area contributed by atoms with Gasteiger partial charge in [0.2, 0.25) is 0 Å². The lowest BCUT2D eigenvalue weighted by Gasteiger charge is -2.26. The third kappa shape index (κ3) is 6.18. The van der Waals surface area contributed by atoms with Crippen molar-refractivity contribution in [1.29, 1.82) is 0 Å². The van der Waals surface area contributed by atoms with Gasteiger partial charge in [-0.3, -0.25) is 0 Å². The van der Waals surface area contributed by atoms with E-state index in [0.29, 0.717) is 11.1 Å². The van der Waals surface area contributed by atoms with Gasteiger partial charge in [0.25, 0.3) is 0 Å². The lowest BCUT2D eigenvalue weighted by Crippen LogP contribution is -2.10. The van der Waals surface area contributed by atoms with Gasteiger partial charge >= 0.3 is 0 Å². The third-order valence-corrected chi connectivity index (χ3v) is 9.51. The molecule has 0 N–H and O–H groups in total. The highest BCUT2D eigenvalue weighted by Crippen LogP contribution is 2.39. The van der Waals surface area contributed by atoms with Gasteiger partial charge in [0.15, 0.2) is 0 Å². The molecule has 1 nitrogen and oxygen atoms in total. The summed E-state index contributed by atoms with van der Waals surface area (Å²) < 4.78 is 37.0. The van der Waals surface area contributed by atoms with E-state index < -0.39 is 0 Å². The summed E-state index contributed by atoms with van der Waals surface area (Å²) in [6, 6.07) is 63.2. The number of nitrogens with zero attached hydrogens (tertiary/aromatic N) is 1. The Morgan fingerprint density at radius 2 is 0.725 bits per heavy atom. The second-order valence-corrected chi connectivity index (χ2v) is 12.7. The van der Waals surface area contributed by atoms with Crippen molar-refractivity contribution < 1.29 is 5.48 Å². The highest BCUT2D eigenvalue weighted by Gasteiger charge is 2.15. The predicted octanol–water partition coefficient (Wildman–Crippen LogP) is 14.1. The van der Waals surface area contributed by atoms with Gasteiger partial charge < -0.3 is 4.90 Å². The molecular formula is C50H35N. The van der Waals surface area contributed by atoms with E-state index in [4.69, 9.17) is 2.74 Å². The van der Waals surface area contributed by atoms with Gasteiger partial charge in [-0.25, -0.2) is 0 Å². The molecule has 0 saturated carbocycles. The van der Waals surface area contributed by atoms with Crippen LogP contribution >= 0.6 is 0 Å². The Labute approximate surface area is 305 Å². The van der Waals surface area contributed by atoms with Crippen molar-refractivity contribution in [3.63, 3.8) is 0 Å². The van der Waals surface area contributed by atoms with Crippen LogP contribution in [0, 0.1) is 0 Å². The molecule has 0 atom stereocenters. The van der Waals surface area contributed by atoms with E-state index in [9.17, 15) is 2.74 Å². The van der Waals surface area contributed by atoms with E-state index in [1.807, 2.05) is 102 Å². The Hall–Kier alpha value is -6.70. The van der Waals surface area contributed by atoms with Gasteiger partial charge in [-0.05, 0) is 121 Å². The molecule has 240 valence electrons. The Kier molecular flexibility index (Phi) is 6.84. The second kappa shape index (κ2) is 13.3. The van der Waals surface area contributed by atoms with Crippen LogP contribution in [0.1, 0.15) is 5.48 Å². The first-order chi connectivity index (χ1) is 26.9. The van der Waals surface area contributed by atoms with Crippen LogP contribution in [0.4, 0.5) is 17.1 Å². The summed E-state index contributed by atoms with van der Waals surface area (Å²) in [7, 11) is 0. The molecule has 9 rings (SSSR count). The maximum absolute atomic E-state index is 9.67. The van der Waals surface area contributed by atoms with Crippen molar-refractivity contribution in [3.05, 3.63) is 212 Å². The summed E-state index contributed by atoms with van der Waals surface area (Å²) in [4.78, 5) is 1.89. The zero-order valence-corrected chi connectivity index (χ0v) is 27.8. The minimum Gasteiger partial charge on any atom is -0.310 e. The average Bonchev–Trinajstić information content (AvgIpc) is 3.25. The Bertz CT molecular complexity index is 2850. The Morgan fingerprint density at radius 1 is 0.294 bits per heavy atom. The van der Waals surface area contributed by atoms with E-state index in [0.717, 1.165) is 60.9 Å². The van der Waals surface area contributed by atoms with Crippen LogP contribution in [0.3, 0.4) is 0 Å². The summed E-state index contributed by atoms with van der Waals surface area (Å²) in [6.07, 6.45) is 0. The summed E-state index contributed by atoms with van der Waals surface area (Å²) in [5, 5.41) is 4.38. The van der Waals surface area contributed by atoms with Gasteiger partial charge in [-0.1, -0.05) is 158 Å². The molecule has 0 aliphatic heterocycles. The predicted molar refractivity (Wildman–Crippen MR) is 218 cm³/mol. The molecule has 0 radical (unpaired) electrons. The smallest absolute Gasteiger partial charge is 0.0651 e. The molecule has 0 aliphatic carbocycles. The molecule has 1 heteroatoms. The summed E-state index contributed by atoms with van der Waals surface area (Å²) in [6.45, 7) is 0. The molecule has 0 fully saturated rings. The number of fused-ring (bicyclic) bond motifs is 2. The van der Waals surface area contributed by atoms with Crippen LogP contribution in [0.5, 0.6) is 0 Å². The molecule has 51 heavy (non-hydrogen) atoms. The molecule has 0 aromatic heterocycles. The molecule has 0 heterocycles. The largest absolute Gasteiger partial charge is 0.310 e. The highest BCUT2D eigenvalue weighted by molar-refractivity contribution is 5.90. The van der Waals surface area contributed by atoms with E-state index in [-0.39, 0.29) is 29.9 Å². The number of hydrogen-bond acceptors (Lipinski definition) is 1. The minimum absolute atomic E-state index is 0.0273. The molecule has 0 bridgehead atoms. The van der Waals surface area contributed by atoms with Gasteiger partial charge in [0.05, 0.1) is 5.48 Å². The number of rotatable bonds is 7. The molecule has 0 amide bonds. The van der Waals surface area contributed by atoms with E-state index >= 15 is 0 Å². The fourth-order valence-corrected chi connectivity index (χ4v) is 6.83. The third-order valence-electron chi connectivity index (χ3n) is 9.51. The first-order valence-corrected chi connectivity index (χ1v) is 17.2. The summed E-state index contributed by atoms with van der Waals surface area (Å²) >= 11 is 0.